The van der Waals surface area contributed by atoms with Crippen molar-refractivity contribution in [1.29, 1.82) is 0 Å². The Hall–Kier alpha value is -6.39. The Morgan fingerprint density at radius 2 is 1.13 bits per heavy atom. The lowest BCUT2D eigenvalue weighted by Crippen LogP contribution is -2.27. The maximum absolute atomic E-state index is 7.07. The van der Waals surface area contributed by atoms with Gasteiger partial charge in [0.2, 0.25) is 0 Å². The maximum atomic E-state index is 7.07. The third-order valence-electron chi connectivity index (χ3n) is 10.7. The summed E-state index contributed by atoms with van der Waals surface area (Å²) >= 11 is 0. The number of fused-ring (bicyclic) bond motifs is 6. The van der Waals surface area contributed by atoms with Crippen molar-refractivity contribution in [3.8, 4) is 45.0 Å². The summed E-state index contributed by atoms with van der Waals surface area (Å²) in [6.45, 7) is 0. The van der Waals surface area contributed by atoms with Crippen LogP contribution in [-0.4, -0.2) is 15.0 Å². The van der Waals surface area contributed by atoms with Crippen molar-refractivity contribution in [2.75, 3.05) is 0 Å². The van der Waals surface area contributed by atoms with E-state index in [1.807, 2.05) is 36.4 Å². The molecular formula is C48H35N3O. The first-order valence-electron chi connectivity index (χ1n) is 18.2. The predicted molar refractivity (Wildman–Crippen MR) is 210 cm³/mol. The highest BCUT2D eigenvalue weighted by atomic mass is 16.3. The molecular weight excluding hydrogens is 635 g/mol. The molecule has 0 amide bonds. The Labute approximate surface area is 302 Å². The molecule has 10 rings (SSSR count). The topological polar surface area (TPSA) is 51.8 Å². The van der Waals surface area contributed by atoms with Crippen LogP contribution in [0.2, 0.25) is 0 Å². The van der Waals surface area contributed by atoms with Crippen LogP contribution in [-0.2, 0) is 6.42 Å². The fraction of sp³-hybridized carbons (Fsp3) is 0.104. The quantitative estimate of drug-likeness (QED) is 0.183. The molecule has 2 aromatic heterocycles. The van der Waals surface area contributed by atoms with E-state index in [1.54, 1.807) is 0 Å². The van der Waals surface area contributed by atoms with Gasteiger partial charge < -0.3 is 4.42 Å². The van der Waals surface area contributed by atoms with Gasteiger partial charge in [0.25, 0.3) is 0 Å². The van der Waals surface area contributed by atoms with Gasteiger partial charge in [-0.2, -0.15) is 0 Å². The SMILES string of the molecule is C1=c2c(oc3c(C4CCc5ccc(-c6ccccc6)cc5-c5ccccc54)cccc23)=C(c2nc(-c3ccccc3)nc(-c3ccccc3)n2)CC1. The van der Waals surface area contributed by atoms with Crippen molar-refractivity contribution in [2.24, 2.45) is 0 Å². The van der Waals surface area contributed by atoms with E-state index >= 15 is 0 Å². The molecule has 0 bridgehead atoms. The Kier molecular flexibility index (Phi) is 7.46. The van der Waals surface area contributed by atoms with Crippen molar-refractivity contribution < 1.29 is 4.42 Å². The predicted octanol–water partition coefficient (Wildman–Crippen LogP) is 10.1. The molecule has 0 radical (unpaired) electrons. The molecule has 2 aliphatic carbocycles. The molecule has 0 fully saturated rings. The highest BCUT2D eigenvalue weighted by Crippen LogP contribution is 2.44. The molecule has 52 heavy (non-hydrogen) atoms. The van der Waals surface area contributed by atoms with E-state index in [4.69, 9.17) is 19.4 Å². The monoisotopic (exact) mass is 669 g/mol. The second-order valence-electron chi connectivity index (χ2n) is 13.7. The Morgan fingerprint density at radius 3 is 1.87 bits per heavy atom. The first-order valence-corrected chi connectivity index (χ1v) is 18.2. The van der Waals surface area contributed by atoms with Crippen LogP contribution in [0.1, 0.15) is 47.7 Å². The van der Waals surface area contributed by atoms with Crippen molar-refractivity contribution >= 4 is 22.6 Å². The molecule has 2 heterocycles. The molecule has 8 aromatic rings. The lowest BCUT2D eigenvalue weighted by atomic mass is 9.85. The zero-order valence-electron chi connectivity index (χ0n) is 28.7. The first-order chi connectivity index (χ1) is 25.8. The summed E-state index contributed by atoms with van der Waals surface area (Å²) in [6, 6.07) is 53.7. The van der Waals surface area contributed by atoms with Crippen LogP contribution in [0.25, 0.3) is 67.6 Å². The largest absolute Gasteiger partial charge is 0.455 e. The van der Waals surface area contributed by atoms with Crippen molar-refractivity contribution in [3.05, 3.63) is 185 Å². The number of hydrogen-bond donors (Lipinski definition) is 0. The summed E-state index contributed by atoms with van der Waals surface area (Å²) in [7, 11) is 0. The second kappa shape index (κ2) is 12.7. The smallest absolute Gasteiger partial charge is 0.164 e. The van der Waals surface area contributed by atoms with E-state index in [9.17, 15) is 0 Å². The number of benzene rings is 6. The minimum absolute atomic E-state index is 0.176. The molecule has 4 heteroatoms. The van der Waals surface area contributed by atoms with E-state index in [0.717, 1.165) is 64.0 Å². The zero-order valence-corrected chi connectivity index (χ0v) is 28.7. The Bertz CT molecular complexity index is 2680. The van der Waals surface area contributed by atoms with Crippen LogP contribution < -0.4 is 10.6 Å². The van der Waals surface area contributed by atoms with Gasteiger partial charge in [-0.05, 0) is 65.1 Å². The Morgan fingerprint density at radius 1 is 0.500 bits per heavy atom. The number of rotatable bonds is 5. The van der Waals surface area contributed by atoms with Crippen molar-refractivity contribution in [1.82, 2.24) is 15.0 Å². The van der Waals surface area contributed by atoms with Crippen LogP contribution in [0.15, 0.2) is 156 Å². The van der Waals surface area contributed by atoms with Gasteiger partial charge in [-0.1, -0.05) is 152 Å². The van der Waals surface area contributed by atoms with Gasteiger partial charge in [0.05, 0.1) is 0 Å². The van der Waals surface area contributed by atoms with E-state index in [0.29, 0.717) is 17.5 Å². The molecule has 4 nitrogen and oxygen atoms in total. The summed E-state index contributed by atoms with van der Waals surface area (Å²) in [5.41, 5.74) is 13.9. The lowest BCUT2D eigenvalue weighted by Gasteiger charge is -2.19. The summed E-state index contributed by atoms with van der Waals surface area (Å²) in [5.74, 6) is 2.17. The lowest BCUT2D eigenvalue weighted by molar-refractivity contribution is 0.559. The minimum atomic E-state index is 0.176. The average Bonchev–Trinajstić information content (AvgIpc) is 3.53. The summed E-state index contributed by atoms with van der Waals surface area (Å²) in [6.07, 6.45) is 5.99. The average molecular weight is 670 g/mol. The van der Waals surface area contributed by atoms with Gasteiger partial charge in [0, 0.05) is 38.8 Å². The van der Waals surface area contributed by atoms with Gasteiger partial charge in [0.15, 0.2) is 17.5 Å². The molecule has 0 spiro atoms. The van der Waals surface area contributed by atoms with E-state index in [2.05, 4.69) is 121 Å². The van der Waals surface area contributed by atoms with Gasteiger partial charge in [0.1, 0.15) is 11.0 Å². The van der Waals surface area contributed by atoms with Gasteiger partial charge in [-0.15, -0.1) is 0 Å². The number of aromatic nitrogens is 3. The minimum Gasteiger partial charge on any atom is -0.455 e. The van der Waals surface area contributed by atoms with Crippen LogP contribution in [0.5, 0.6) is 0 Å². The van der Waals surface area contributed by atoms with Crippen LogP contribution >= 0.6 is 0 Å². The van der Waals surface area contributed by atoms with Crippen LogP contribution in [0.4, 0.5) is 0 Å². The fourth-order valence-corrected chi connectivity index (χ4v) is 8.17. The first kappa shape index (κ1) is 30.4. The molecule has 6 aromatic carbocycles. The molecule has 0 N–H and O–H groups in total. The molecule has 248 valence electrons. The number of nitrogens with zero attached hydrogens (tertiary/aromatic N) is 3. The van der Waals surface area contributed by atoms with E-state index in [1.165, 1.54) is 38.9 Å². The van der Waals surface area contributed by atoms with Crippen LogP contribution in [0, 0.1) is 0 Å². The van der Waals surface area contributed by atoms with Crippen molar-refractivity contribution in [2.45, 2.75) is 31.6 Å². The number of furan rings is 1. The molecule has 1 atom stereocenters. The maximum Gasteiger partial charge on any atom is 0.164 e. The van der Waals surface area contributed by atoms with Crippen LogP contribution in [0.3, 0.4) is 0 Å². The summed E-state index contributed by atoms with van der Waals surface area (Å²) < 4.78 is 7.07. The summed E-state index contributed by atoms with van der Waals surface area (Å²) in [4.78, 5) is 15.1. The van der Waals surface area contributed by atoms with Gasteiger partial charge in [-0.3, -0.25) is 0 Å². The second-order valence-corrected chi connectivity index (χ2v) is 13.7. The molecule has 0 saturated carbocycles. The molecule has 0 saturated heterocycles. The third-order valence-corrected chi connectivity index (χ3v) is 10.7. The highest BCUT2D eigenvalue weighted by Gasteiger charge is 2.27. The fourth-order valence-electron chi connectivity index (χ4n) is 8.17. The molecule has 1 unspecified atom stereocenters. The number of aryl methyl sites for hydroxylation is 1. The van der Waals surface area contributed by atoms with E-state index in [-0.39, 0.29) is 5.92 Å². The molecule has 0 aliphatic heterocycles. The normalized spacial score (nSPS) is 14.9. The third kappa shape index (κ3) is 5.27. The number of para-hydroxylation sites is 1. The molecule has 2 aliphatic rings. The Balaban J connectivity index is 1.14. The van der Waals surface area contributed by atoms with Gasteiger partial charge in [-0.25, -0.2) is 15.0 Å². The zero-order chi connectivity index (χ0) is 34.4. The number of hydrogen-bond acceptors (Lipinski definition) is 4. The van der Waals surface area contributed by atoms with Gasteiger partial charge >= 0.3 is 0 Å². The standard InChI is InChI=1S/C48H35N3O/c1-4-14-31(15-5-1)35-27-26-32-28-29-38(36-20-10-11-21-37(36)43(32)30-35)39-22-12-23-40-41-24-13-25-42(45(41)52-44(39)40)48-50-46(33-16-6-2-7-17-33)49-47(51-48)34-18-8-3-9-19-34/h1-12,14-24,26-27,30,38H,13,25,28-29H2. The van der Waals surface area contributed by atoms with E-state index < -0.39 is 0 Å². The summed E-state index contributed by atoms with van der Waals surface area (Å²) in [5, 5.41) is 2.29. The highest BCUT2D eigenvalue weighted by molar-refractivity contribution is 5.86. The van der Waals surface area contributed by atoms with Crippen molar-refractivity contribution in [3.63, 3.8) is 0 Å².